The number of nitrogens with zero attached hydrogens (tertiary/aromatic N) is 1. The molecule has 162 valence electrons. The van der Waals surface area contributed by atoms with Crippen molar-refractivity contribution in [2.75, 3.05) is 7.11 Å². The molecule has 0 spiro atoms. The van der Waals surface area contributed by atoms with E-state index >= 15 is 0 Å². The lowest BCUT2D eigenvalue weighted by molar-refractivity contribution is -0.129. The van der Waals surface area contributed by atoms with Crippen molar-refractivity contribution in [3.63, 3.8) is 0 Å². The largest absolute Gasteiger partial charge is 0.493 e. The Labute approximate surface area is 193 Å². The fourth-order valence-electron chi connectivity index (χ4n) is 2.98. The summed E-state index contributed by atoms with van der Waals surface area (Å²) in [5.74, 6) is 0.178. The van der Waals surface area contributed by atoms with Crippen molar-refractivity contribution in [1.29, 1.82) is 0 Å². The van der Waals surface area contributed by atoms with Crippen molar-refractivity contribution >= 4 is 41.1 Å². The Morgan fingerprint density at radius 1 is 1.03 bits per heavy atom. The Hall–Kier alpha value is -3.35. The monoisotopic (exact) mass is 471 g/mol. The first-order valence-electron chi connectivity index (χ1n) is 9.46. The van der Waals surface area contributed by atoms with Crippen LogP contribution in [0, 0.1) is 5.82 Å². The van der Waals surface area contributed by atoms with E-state index in [9.17, 15) is 9.18 Å². The van der Waals surface area contributed by atoms with Gasteiger partial charge in [0.2, 0.25) is 5.90 Å². The lowest BCUT2D eigenvalue weighted by atomic mass is 10.1. The molecule has 1 aliphatic rings. The minimum Gasteiger partial charge on any atom is -0.493 e. The van der Waals surface area contributed by atoms with Crippen molar-refractivity contribution in [3.05, 3.63) is 98.9 Å². The fraction of sp³-hybridized carbons (Fsp3) is 0.0833. The van der Waals surface area contributed by atoms with Gasteiger partial charge in [-0.05, 0) is 59.7 Å². The van der Waals surface area contributed by atoms with Gasteiger partial charge in [-0.2, -0.15) is 0 Å². The van der Waals surface area contributed by atoms with Crippen molar-refractivity contribution in [2.45, 2.75) is 6.61 Å². The first-order chi connectivity index (χ1) is 15.4. The molecule has 3 aromatic carbocycles. The number of methoxy groups -OCH3 is 1. The highest BCUT2D eigenvalue weighted by Crippen LogP contribution is 2.31. The molecule has 0 amide bonds. The van der Waals surface area contributed by atoms with Crippen LogP contribution in [0.15, 0.2) is 71.4 Å². The lowest BCUT2D eigenvalue weighted by Gasteiger charge is -2.11. The average molecular weight is 472 g/mol. The van der Waals surface area contributed by atoms with Crippen molar-refractivity contribution in [2.24, 2.45) is 4.99 Å². The van der Waals surface area contributed by atoms with Crippen molar-refractivity contribution in [1.82, 2.24) is 0 Å². The predicted molar refractivity (Wildman–Crippen MR) is 121 cm³/mol. The topological polar surface area (TPSA) is 57.1 Å². The number of hydrogen-bond acceptors (Lipinski definition) is 5. The van der Waals surface area contributed by atoms with E-state index in [4.69, 9.17) is 37.4 Å². The molecule has 3 aromatic rings. The number of ether oxygens (including phenoxy) is 3. The van der Waals surface area contributed by atoms with Gasteiger partial charge in [0.1, 0.15) is 12.4 Å². The van der Waals surface area contributed by atoms with Crippen LogP contribution in [-0.4, -0.2) is 19.0 Å². The highest BCUT2D eigenvalue weighted by atomic mass is 35.5. The number of benzene rings is 3. The number of esters is 1. The fourth-order valence-corrected chi connectivity index (χ4v) is 3.47. The molecule has 8 heteroatoms. The Morgan fingerprint density at radius 3 is 2.53 bits per heavy atom. The number of cyclic esters (lactones) is 1. The van der Waals surface area contributed by atoms with Crippen LogP contribution in [0.2, 0.25) is 10.0 Å². The third kappa shape index (κ3) is 4.93. The molecule has 0 saturated carbocycles. The van der Waals surface area contributed by atoms with E-state index in [1.165, 1.54) is 19.2 Å². The molecule has 5 nitrogen and oxygen atoms in total. The second-order valence-corrected chi connectivity index (χ2v) is 7.63. The Bertz CT molecular complexity index is 1240. The summed E-state index contributed by atoms with van der Waals surface area (Å²) in [6.07, 6.45) is 1.57. The number of hydrogen-bond donors (Lipinski definition) is 0. The maximum Gasteiger partial charge on any atom is 0.363 e. The van der Waals surface area contributed by atoms with Gasteiger partial charge in [-0.1, -0.05) is 41.4 Å². The Balaban J connectivity index is 1.54. The maximum atomic E-state index is 13.0. The molecule has 0 aromatic heterocycles. The van der Waals surface area contributed by atoms with Crippen LogP contribution in [0.1, 0.15) is 16.7 Å². The first kappa shape index (κ1) is 21.9. The van der Waals surface area contributed by atoms with Gasteiger partial charge in [0.15, 0.2) is 17.2 Å². The van der Waals surface area contributed by atoms with E-state index in [2.05, 4.69) is 4.99 Å². The molecule has 0 atom stereocenters. The molecule has 0 unspecified atom stereocenters. The predicted octanol–water partition coefficient (Wildman–Crippen LogP) is 6.06. The third-order valence-corrected chi connectivity index (χ3v) is 5.13. The van der Waals surface area contributed by atoms with Gasteiger partial charge in [0.05, 0.1) is 17.7 Å². The molecule has 4 rings (SSSR count). The normalized spacial score (nSPS) is 14.3. The van der Waals surface area contributed by atoms with Crippen LogP contribution >= 0.6 is 23.2 Å². The number of carbonyl (C=O) groups excluding carboxylic acids is 1. The average Bonchev–Trinajstić information content (AvgIpc) is 3.13. The standard InChI is InChI=1S/C24H16Cl2FNO4/c1-30-22-11-15(4-9-21(22)31-13-14-2-6-17(27)7-3-14)10-20-24(29)32-23(28-20)18-8-5-16(25)12-19(18)26/h2-12H,13H2,1H3/b20-10-. The summed E-state index contributed by atoms with van der Waals surface area (Å²) in [5, 5.41) is 0.794. The van der Waals surface area contributed by atoms with Gasteiger partial charge in [0, 0.05) is 5.02 Å². The first-order valence-corrected chi connectivity index (χ1v) is 10.2. The zero-order valence-electron chi connectivity index (χ0n) is 16.8. The van der Waals surface area contributed by atoms with Gasteiger partial charge >= 0.3 is 5.97 Å². The quantitative estimate of drug-likeness (QED) is 0.323. The van der Waals surface area contributed by atoms with E-state index in [1.54, 1.807) is 54.6 Å². The summed E-state index contributed by atoms with van der Waals surface area (Å²) < 4.78 is 29.5. The van der Waals surface area contributed by atoms with Crippen molar-refractivity contribution < 1.29 is 23.4 Å². The summed E-state index contributed by atoms with van der Waals surface area (Å²) in [5.41, 5.74) is 2.06. The van der Waals surface area contributed by atoms with Crippen LogP contribution < -0.4 is 9.47 Å². The summed E-state index contributed by atoms with van der Waals surface area (Å²) in [7, 11) is 1.51. The molecular weight excluding hydrogens is 456 g/mol. The SMILES string of the molecule is COc1cc(/C=C2\N=C(c3ccc(Cl)cc3Cl)OC2=O)ccc1OCc1ccc(F)cc1. The summed E-state index contributed by atoms with van der Waals surface area (Å²) in [4.78, 5) is 16.6. The lowest BCUT2D eigenvalue weighted by Crippen LogP contribution is -2.05. The summed E-state index contributed by atoms with van der Waals surface area (Å²) in [6, 6.07) is 16.0. The highest BCUT2D eigenvalue weighted by Gasteiger charge is 2.25. The van der Waals surface area contributed by atoms with E-state index < -0.39 is 5.97 Å². The minimum absolute atomic E-state index is 0.106. The second kappa shape index (κ2) is 9.42. The molecule has 0 N–H and O–H groups in total. The molecule has 32 heavy (non-hydrogen) atoms. The van der Waals surface area contributed by atoms with Crippen LogP contribution in [0.3, 0.4) is 0 Å². The Morgan fingerprint density at radius 2 is 1.81 bits per heavy atom. The van der Waals surface area contributed by atoms with Gasteiger partial charge in [-0.3, -0.25) is 0 Å². The highest BCUT2D eigenvalue weighted by molar-refractivity contribution is 6.37. The van der Waals surface area contributed by atoms with Gasteiger partial charge in [-0.25, -0.2) is 14.2 Å². The van der Waals surface area contributed by atoms with E-state index in [0.717, 1.165) is 5.56 Å². The van der Waals surface area contributed by atoms with Gasteiger partial charge < -0.3 is 14.2 Å². The van der Waals surface area contributed by atoms with E-state index in [-0.39, 0.29) is 24.0 Å². The molecule has 0 aliphatic carbocycles. The number of aliphatic imine (C=N–C) groups is 1. The van der Waals surface area contributed by atoms with E-state index in [0.29, 0.717) is 32.7 Å². The van der Waals surface area contributed by atoms with Crippen LogP contribution in [-0.2, 0) is 16.1 Å². The zero-order chi connectivity index (χ0) is 22.7. The molecule has 0 radical (unpaired) electrons. The number of rotatable bonds is 6. The van der Waals surface area contributed by atoms with Crippen LogP contribution in [0.4, 0.5) is 4.39 Å². The maximum absolute atomic E-state index is 13.0. The van der Waals surface area contributed by atoms with E-state index in [1.807, 2.05) is 0 Å². The number of halogens is 3. The van der Waals surface area contributed by atoms with Crippen molar-refractivity contribution in [3.8, 4) is 11.5 Å². The Kier molecular flexibility index (Phi) is 6.44. The minimum atomic E-state index is -0.596. The molecule has 1 heterocycles. The molecular formula is C24H16Cl2FNO4. The molecule has 0 saturated heterocycles. The van der Waals surface area contributed by atoms with Gasteiger partial charge in [0.25, 0.3) is 0 Å². The third-order valence-electron chi connectivity index (χ3n) is 4.58. The van der Waals surface area contributed by atoms with Crippen LogP contribution in [0.25, 0.3) is 6.08 Å². The molecule has 1 aliphatic heterocycles. The zero-order valence-corrected chi connectivity index (χ0v) is 18.3. The van der Waals surface area contributed by atoms with Crippen LogP contribution in [0.5, 0.6) is 11.5 Å². The summed E-state index contributed by atoms with van der Waals surface area (Å²) >= 11 is 12.1. The molecule has 0 bridgehead atoms. The smallest absolute Gasteiger partial charge is 0.363 e. The second-order valence-electron chi connectivity index (χ2n) is 6.79. The van der Waals surface area contributed by atoms with Gasteiger partial charge in [-0.15, -0.1) is 0 Å². The number of carbonyl (C=O) groups is 1. The summed E-state index contributed by atoms with van der Waals surface area (Å²) in [6.45, 7) is 0.249. The molecule has 0 fully saturated rings.